The maximum Gasteiger partial charge on any atom is 0.185 e. The zero-order valence-electron chi connectivity index (χ0n) is 15.4. The predicted molar refractivity (Wildman–Crippen MR) is 119 cm³/mol. The molecule has 1 aliphatic rings. The molecule has 0 aliphatic carbocycles. The highest BCUT2D eigenvalue weighted by Gasteiger charge is 2.19. The Labute approximate surface area is 173 Å². The van der Waals surface area contributed by atoms with E-state index < -0.39 is 0 Å². The lowest BCUT2D eigenvalue weighted by atomic mass is 9.99. The molecule has 0 saturated heterocycles. The highest BCUT2D eigenvalue weighted by Crippen LogP contribution is 2.31. The molecular weight excluding hydrogens is 418 g/mol. The van der Waals surface area contributed by atoms with Crippen molar-refractivity contribution in [3.63, 3.8) is 0 Å². The summed E-state index contributed by atoms with van der Waals surface area (Å²) in [5.74, 6) is 0. The van der Waals surface area contributed by atoms with Crippen LogP contribution in [0.1, 0.15) is 21.6 Å². The summed E-state index contributed by atoms with van der Waals surface area (Å²) in [6.07, 6.45) is 5.87. The second kappa shape index (κ2) is 7.87. The van der Waals surface area contributed by atoms with Gasteiger partial charge in [0.25, 0.3) is 0 Å². The zero-order chi connectivity index (χ0) is 18.8. The molecule has 0 atom stereocenters. The van der Waals surface area contributed by atoms with Gasteiger partial charge in [-0.1, -0.05) is 40.7 Å². The van der Waals surface area contributed by atoms with Crippen LogP contribution in [0.4, 0.5) is 10.8 Å². The highest BCUT2D eigenvalue weighted by atomic mass is 79.9. The lowest BCUT2D eigenvalue weighted by Gasteiger charge is -2.29. The van der Waals surface area contributed by atoms with E-state index in [0.717, 1.165) is 35.5 Å². The van der Waals surface area contributed by atoms with E-state index in [2.05, 4.69) is 74.8 Å². The minimum absolute atomic E-state index is 0.916. The summed E-state index contributed by atoms with van der Waals surface area (Å²) in [6, 6.07) is 15.2. The molecule has 1 aromatic heterocycles. The van der Waals surface area contributed by atoms with Crippen molar-refractivity contribution in [1.82, 2.24) is 4.98 Å². The first-order valence-corrected chi connectivity index (χ1v) is 10.6. The fraction of sp³-hybridized carbons (Fsp3) is 0.227. The monoisotopic (exact) mass is 439 g/mol. The lowest BCUT2D eigenvalue weighted by Crippen LogP contribution is -2.30. The van der Waals surface area contributed by atoms with Gasteiger partial charge in [-0.05, 0) is 53.6 Å². The smallest absolute Gasteiger partial charge is 0.185 e. The molecule has 3 nitrogen and oxygen atoms in total. The second-order valence-corrected chi connectivity index (χ2v) is 8.84. The quantitative estimate of drug-likeness (QED) is 0.512. The minimum Gasteiger partial charge on any atom is -0.352 e. The largest absolute Gasteiger partial charge is 0.352 e. The molecule has 2 heterocycles. The maximum atomic E-state index is 4.71. The fourth-order valence-corrected chi connectivity index (χ4v) is 4.59. The van der Waals surface area contributed by atoms with E-state index in [1.807, 2.05) is 19.4 Å². The van der Waals surface area contributed by atoms with Crippen molar-refractivity contribution < 1.29 is 0 Å². The molecule has 1 aliphatic heterocycles. The maximum absolute atomic E-state index is 4.71. The van der Waals surface area contributed by atoms with Crippen molar-refractivity contribution >= 4 is 38.1 Å². The molecule has 0 bridgehead atoms. The number of benzene rings is 2. The molecule has 0 radical (unpaired) electrons. The predicted octanol–water partition coefficient (Wildman–Crippen LogP) is 5.64. The van der Waals surface area contributed by atoms with E-state index in [1.165, 1.54) is 27.3 Å². The van der Waals surface area contributed by atoms with Crippen molar-refractivity contribution in [2.24, 2.45) is 0 Å². The molecule has 4 rings (SSSR count). The van der Waals surface area contributed by atoms with Crippen LogP contribution in [0.2, 0.25) is 0 Å². The van der Waals surface area contributed by atoms with Gasteiger partial charge >= 0.3 is 0 Å². The SMILES string of the molecule is C=CN(C)c1ccc2c(c1)CN(c1ncc(Cc3ccc(Br)cc3)s1)CC2. The molecule has 0 fully saturated rings. The van der Waals surface area contributed by atoms with Gasteiger partial charge in [-0.15, -0.1) is 11.3 Å². The van der Waals surface area contributed by atoms with Crippen LogP contribution in [0.5, 0.6) is 0 Å². The molecule has 2 aromatic carbocycles. The molecule has 27 heavy (non-hydrogen) atoms. The molecule has 0 unspecified atom stereocenters. The van der Waals surface area contributed by atoms with Gasteiger partial charge in [0.1, 0.15) is 0 Å². The van der Waals surface area contributed by atoms with Crippen LogP contribution < -0.4 is 9.80 Å². The Morgan fingerprint density at radius 3 is 2.81 bits per heavy atom. The summed E-state index contributed by atoms with van der Waals surface area (Å²) >= 11 is 5.30. The molecule has 138 valence electrons. The van der Waals surface area contributed by atoms with Crippen LogP contribution in [0, 0.1) is 0 Å². The van der Waals surface area contributed by atoms with E-state index >= 15 is 0 Å². The van der Waals surface area contributed by atoms with Gasteiger partial charge in [-0.2, -0.15) is 0 Å². The van der Waals surface area contributed by atoms with E-state index in [9.17, 15) is 0 Å². The summed E-state index contributed by atoms with van der Waals surface area (Å²) in [4.78, 5) is 10.5. The van der Waals surface area contributed by atoms with Gasteiger partial charge in [0.05, 0.1) is 0 Å². The van der Waals surface area contributed by atoms with Gasteiger partial charge in [-0.25, -0.2) is 4.98 Å². The van der Waals surface area contributed by atoms with Crippen molar-refractivity contribution in [1.29, 1.82) is 0 Å². The molecular formula is C22H22BrN3S. The van der Waals surface area contributed by atoms with Gasteiger partial charge in [0, 0.05) is 47.8 Å². The number of nitrogens with zero attached hydrogens (tertiary/aromatic N) is 3. The zero-order valence-corrected chi connectivity index (χ0v) is 17.8. The summed E-state index contributed by atoms with van der Waals surface area (Å²) in [5.41, 5.74) is 5.33. The molecule has 0 saturated carbocycles. The number of hydrogen-bond donors (Lipinski definition) is 0. The summed E-state index contributed by atoms with van der Waals surface area (Å²) in [6.45, 7) is 5.80. The first-order valence-electron chi connectivity index (χ1n) is 9.03. The van der Waals surface area contributed by atoms with Gasteiger partial charge in [0.2, 0.25) is 0 Å². The third-order valence-corrected chi connectivity index (χ3v) is 6.57. The van der Waals surface area contributed by atoms with E-state index in [0.29, 0.717) is 0 Å². The Morgan fingerprint density at radius 1 is 1.22 bits per heavy atom. The first kappa shape index (κ1) is 18.3. The van der Waals surface area contributed by atoms with Crippen LogP contribution in [-0.2, 0) is 19.4 Å². The average molecular weight is 440 g/mol. The molecule has 0 amide bonds. The second-order valence-electron chi connectivity index (χ2n) is 6.83. The number of fused-ring (bicyclic) bond motifs is 1. The summed E-state index contributed by atoms with van der Waals surface area (Å²) < 4.78 is 1.12. The van der Waals surface area contributed by atoms with E-state index in [4.69, 9.17) is 4.98 Å². The fourth-order valence-electron chi connectivity index (χ4n) is 3.36. The number of anilines is 2. The topological polar surface area (TPSA) is 19.4 Å². The lowest BCUT2D eigenvalue weighted by molar-refractivity contribution is 0.728. The Hall–Kier alpha value is -2.11. The number of thiazole rings is 1. The summed E-state index contributed by atoms with van der Waals surface area (Å²) in [7, 11) is 2.03. The third-order valence-electron chi connectivity index (χ3n) is 4.99. The Balaban J connectivity index is 1.49. The Kier molecular flexibility index (Phi) is 5.32. The minimum atomic E-state index is 0.916. The van der Waals surface area contributed by atoms with E-state index in [1.54, 1.807) is 11.3 Å². The Morgan fingerprint density at radius 2 is 2.04 bits per heavy atom. The van der Waals surface area contributed by atoms with Crippen LogP contribution >= 0.6 is 27.3 Å². The Bertz CT molecular complexity index is 948. The summed E-state index contributed by atoms with van der Waals surface area (Å²) in [5, 5.41) is 1.12. The van der Waals surface area contributed by atoms with Crippen molar-refractivity contribution in [2.75, 3.05) is 23.4 Å². The number of halogens is 1. The van der Waals surface area contributed by atoms with Gasteiger partial charge in [0.15, 0.2) is 5.13 Å². The van der Waals surface area contributed by atoms with Crippen LogP contribution in [-0.4, -0.2) is 18.6 Å². The highest BCUT2D eigenvalue weighted by molar-refractivity contribution is 9.10. The molecule has 5 heteroatoms. The third kappa shape index (κ3) is 4.09. The van der Waals surface area contributed by atoms with Crippen LogP contribution in [0.15, 0.2) is 65.9 Å². The molecule has 0 spiro atoms. The van der Waals surface area contributed by atoms with Crippen molar-refractivity contribution in [3.8, 4) is 0 Å². The van der Waals surface area contributed by atoms with Crippen molar-refractivity contribution in [2.45, 2.75) is 19.4 Å². The normalized spacial score (nSPS) is 13.3. The molecule has 3 aromatic rings. The average Bonchev–Trinajstić information content (AvgIpc) is 3.16. The van der Waals surface area contributed by atoms with Gasteiger partial charge in [-0.3, -0.25) is 0 Å². The standard InChI is InChI=1S/C22H22BrN3S/c1-3-25(2)20-9-6-17-10-11-26(15-18(17)13-20)22-24-14-21(27-22)12-16-4-7-19(23)8-5-16/h3-9,13-14H,1,10-12,15H2,2H3. The first-order chi connectivity index (χ1) is 13.1. The van der Waals surface area contributed by atoms with Crippen molar-refractivity contribution in [3.05, 3.63) is 87.5 Å². The number of rotatable bonds is 5. The van der Waals surface area contributed by atoms with Gasteiger partial charge < -0.3 is 9.80 Å². The van der Waals surface area contributed by atoms with E-state index in [-0.39, 0.29) is 0 Å². The van der Waals surface area contributed by atoms with Crippen LogP contribution in [0.3, 0.4) is 0 Å². The number of aromatic nitrogens is 1. The number of hydrogen-bond acceptors (Lipinski definition) is 4. The molecule has 0 N–H and O–H groups in total. The van der Waals surface area contributed by atoms with Crippen LogP contribution in [0.25, 0.3) is 0 Å².